The van der Waals surface area contributed by atoms with E-state index in [1.165, 1.54) is 12.1 Å². The lowest BCUT2D eigenvalue weighted by molar-refractivity contribution is -0.156. The number of aromatic nitrogens is 4. The SMILES string of the molecule is CN1C(=O)C2(CCN(C(C(N)=O)c3ccc(F)cc3)CC2)c2c1cnc1[nH]c(-c3cnn(C)c3)c(-c3ccccc3)c21.O=CC(F)(F)F. The summed E-state index contributed by atoms with van der Waals surface area (Å²) in [6, 6.07) is 15.3. The van der Waals surface area contributed by atoms with E-state index in [1.807, 2.05) is 42.5 Å². The van der Waals surface area contributed by atoms with Gasteiger partial charge in [-0.2, -0.15) is 18.3 Å². The van der Waals surface area contributed by atoms with Crippen LogP contribution in [0.1, 0.15) is 30.0 Å². The van der Waals surface area contributed by atoms with Crippen molar-refractivity contribution in [1.29, 1.82) is 0 Å². The number of anilines is 1. The van der Waals surface area contributed by atoms with Gasteiger partial charge in [-0.3, -0.25) is 24.0 Å². The van der Waals surface area contributed by atoms with Gasteiger partial charge in [0, 0.05) is 55.5 Å². The molecule has 5 aromatic rings. The zero-order valence-corrected chi connectivity index (χ0v) is 26.0. The molecule has 14 heteroatoms. The Kier molecular flexibility index (Phi) is 8.37. The first kappa shape index (κ1) is 32.6. The maximum atomic E-state index is 14.2. The average Bonchev–Trinajstić information content (AvgIpc) is 3.73. The Morgan fingerprint density at radius 2 is 1.67 bits per heavy atom. The number of hydrogen-bond acceptors (Lipinski definition) is 6. The summed E-state index contributed by atoms with van der Waals surface area (Å²) < 4.78 is 46.6. The predicted molar refractivity (Wildman–Crippen MR) is 170 cm³/mol. The van der Waals surface area contributed by atoms with Crippen LogP contribution in [0.25, 0.3) is 33.4 Å². The van der Waals surface area contributed by atoms with E-state index in [0.29, 0.717) is 37.1 Å². The number of alkyl halides is 3. The predicted octanol–water partition coefficient (Wildman–Crippen LogP) is 5.05. The molecule has 1 fully saturated rings. The smallest absolute Gasteiger partial charge is 0.368 e. The zero-order valence-electron chi connectivity index (χ0n) is 26.0. The Labute approximate surface area is 272 Å². The van der Waals surface area contributed by atoms with Gasteiger partial charge in [0.05, 0.1) is 29.2 Å². The lowest BCUT2D eigenvalue weighted by atomic mass is 9.72. The maximum absolute atomic E-state index is 14.2. The van der Waals surface area contributed by atoms with Crippen molar-refractivity contribution in [3.63, 3.8) is 0 Å². The third kappa shape index (κ3) is 5.72. The van der Waals surface area contributed by atoms with E-state index >= 15 is 0 Å². The number of nitrogens with zero attached hydrogens (tertiary/aromatic N) is 5. The van der Waals surface area contributed by atoms with Crippen molar-refractivity contribution < 1.29 is 31.9 Å². The number of aldehydes is 1. The summed E-state index contributed by atoms with van der Waals surface area (Å²) in [5, 5.41) is 5.32. The quantitative estimate of drug-likeness (QED) is 0.200. The van der Waals surface area contributed by atoms with E-state index in [4.69, 9.17) is 15.5 Å². The number of rotatable bonds is 5. The Hall–Kier alpha value is -5.37. The van der Waals surface area contributed by atoms with Gasteiger partial charge in [-0.15, -0.1) is 0 Å². The van der Waals surface area contributed by atoms with Gasteiger partial charge >= 0.3 is 6.18 Å². The second-order valence-electron chi connectivity index (χ2n) is 11.9. The van der Waals surface area contributed by atoms with Crippen molar-refractivity contribution in [1.82, 2.24) is 24.6 Å². The largest absolute Gasteiger partial charge is 0.446 e. The second kappa shape index (κ2) is 12.3. The molecular weight excluding hydrogens is 630 g/mol. The summed E-state index contributed by atoms with van der Waals surface area (Å²) in [7, 11) is 3.68. The monoisotopic (exact) mass is 661 g/mol. The number of likely N-dealkylation sites (tertiary alicyclic amines) is 1. The highest BCUT2D eigenvalue weighted by molar-refractivity contribution is 6.16. The van der Waals surface area contributed by atoms with Gasteiger partial charge in [-0.1, -0.05) is 42.5 Å². The third-order valence-electron chi connectivity index (χ3n) is 9.02. The molecule has 2 aromatic carbocycles. The molecule has 0 radical (unpaired) electrons. The number of primary amides is 1. The number of hydrogen-bond donors (Lipinski definition) is 2. The zero-order chi connectivity index (χ0) is 34.4. The number of H-pyrrole nitrogens is 1. The lowest BCUT2D eigenvalue weighted by Crippen LogP contribution is -2.50. The van der Waals surface area contributed by atoms with Crippen molar-refractivity contribution in [3.05, 3.63) is 90.1 Å². The number of halogens is 4. The Morgan fingerprint density at radius 1 is 1.02 bits per heavy atom. The van der Waals surface area contributed by atoms with Gasteiger partial charge in [0.25, 0.3) is 0 Å². The topological polar surface area (TPSA) is 130 Å². The number of benzene rings is 2. The molecule has 1 spiro atoms. The summed E-state index contributed by atoms with van der Waals surface area (Å²) in [4.78, 5) is 47.5. The van der Waals surface area contributed by atoms with Crippen molar-refractivity contribution in [2.45, 2.75) is 30.5 Å². The van der Waals surface area contributed by atoms with Gasteiger partial charge < -0.3 is 15.6 Å². The fourth-order valence-electron chi connectivity index (χ4n) is 6.91. The number of likely N-dealkylation sites (N-methyl/N-ethyl adjacent to an activating group) is 1. The first-order chi connectivity index (χ1) is 22.8. The van der Waals surface area contributed by atoms with E-state index in [0.717, 1.165) is 39.0 Å². The van der Waals surface area contributed by atoms with E-state index in [-0.39, 0.29) is 11.7 Å². The van der Waals surface area contributed by atoms with Gasteiger partial charge in [0.1, 0.15) is 17.5 Å². The number of aryl methyl sites for hydroxylation is 1. The lowest BCUT2D eigenvalue weighted by Gasteiger charge is -2.41. The van der Waals surface area contributed by atoms with Crippen LogP contribution >= 0.6 is 0 Å². The molecule has 0 bridgehead atoms. The minimum absolute atomic E-state index is 0.0204. The second-order valence-corrected chi connectivity index (χ2v) is 11.9. The molecule has 3 N–H and O–H groups in total. The number of pyridine rings is 1. The number of carbonyl (C=O) groups excluding carboxylic acids is 3. The molecule has 5 heterocycles. The number of nitrogens with one attached hydrogen (secondary N) is 1. The summed E-state index contributed by atoms with van der Waals surface area (Å²) in [5.74, 6) is -0.857. The Bertz CT molecular complexity index is 2000. The van der Waals surface area contributed by atoms with E-state index in [2.05, 4.69) is 22.2 Å². The highest BCUT2D eigenvalue weighted by Gasteiger charge is 2.53. The van der Waals surface area contributed by atoms with Crippen LogP contribution in [0.4, 0.5) is 23.2 Å². The molecule has 2 aliphatic rings. The van der Waals surface area contributed by atoms with Crippen LogP contribution < -0.4 is 10.6 Å². The molecule has 3 aromatic heterocycles. The van der Waals surface area contributed by atoms with Crippen molar-refractivity contribution in [2.24, 2.45) is 12.8 Å². The van der Waals surface area contributed by atoms with Crippen molar-refractivity contribution in [3.8, 4) is 22.4 Å². The Morgan fingerprint density at radius 3 is 2.23 bits per heavy atom. The standard InChI is InChI=1S/C32H30FN7O2.C2HF3O/c1-38-18-21(16-36-38)27-24(19-6-4-3-5-7-19)25-26-23(17-35-30(25)37-27)39(2)31(42)32(26)12-14-40(15-13-32)28(29(34)41)20-8-10-22(33)11-9-20;3-2(4,5)1-6/h3-11,16-18,28H,12-15H2,1-2H3,(H2,34,41)(H,35,37);1H. The van der Waals surface area contributed by atoms with Crippen molar-refractivity contribution in [2.75, 3.05) is 25.0 Å². The molecule has 0 aliphatic carbocycles. The molecule has 7 rings (SSSR count). The molecule has 1 saturated heterocycles. The molecule has 2 aliphatic heterocycles. The normalized spacial score (nSPS) is 16.5. The average molecular weight is 662 g/mol. The van der Waals surface area contributed by atoms with E-state index in [9.17, 15) is 27.2 Å². The number of amides is 2. The first-order valence-corrected chi connectivity index (χ1v) is 15.0. The van der Waals surface area contributed by atoms with Crippen LogP contribution in [0, 0.1) is 5.82 Å². The Balaban J connectivity index is 0.000000615. The van der Waals surface area contributed by atoms with Crippen molar-refractivity contribution >= 4 is 34.8 Å². The fourth-order valence-corrected chi connectivity index (χ4v) is 6.91. The number of piperidine rings is 1. The van der Waals surface area contributed by atoms with Gasteiger partial charge in [-0.25, -0.2) is 9.37 Å². The van der Waals surface area contributed by atoms with Crippen LogP contribution in [0.2, 0.25) is 0 Å². The van der Waals surface area contributed by atoms with Gasteiger partial charge in [0.2, 0.25) is 18.1 Å². The maximum Gasteiger partial charge on any atom is 0.446 e. The van der Waals surface area contributed by atoms with Crippen LogP contribution in [0.15, 0.2) is 73.2 Å². The highest BCUT2D eigenvalue weighted by Crippen LogP contribution is 2.53. The summed E-state index contributed by atoms with van der Waals surface area (Å²) in [5.41, 5.74) is 12.0. The van der Waals surface area contributed by atoms with Crippen LogP contribution in [-0.4, -0.2) is 69.1 Å². The van der Waals surface area contributed by atoms with Crippen LogP contribution in [0.3, 0.4) is 0 Å². The molecule has 2 amide bonds. The number of nitrogens with two attached hydrogens (primary N) is 1. The molecule has 0 saturated carbocycles. The van der Waals surface area contributed by atoms with E-state index < -0.39 is 29.8 Å². The molecule has 1 unspecified atom stereocenters. The highest BCUT2D eigenvalue weighted by atomic mass is 19.4. The number of carbonyl (C=O) groups is 3. The molecule has 1 atom stereocenters. The fraction of sp³-hybridized carbons (Fsp3) is 0.265. The summed E-state index contributed by atoms with van der Waals surface area (Å²) >= 11 is 0. The first-order valence-electron chi connectivity index (χ1n) is 15.0. The van der Waals surface area contributed by atoms with Gasteiger partial charge in [0.15, 0.2) is 0 Å². The molecule has 48 heavy (non-hydrogen) atoms. The molecule has 248 valence electrons. The van der Waals surface area contributed by atoms with Crippen LogP contribution in [-0.2, 0) is 26.8 Å². The summed E-state index contributed by atoms with van der Waals surface area (Å²) in [6.45, 7) is 0.933. The minimum atomic E-state index is -4.64. The number of aromatic amines is 1. The van der Waals surface area contributed by atoms with E-state index in [1.54, 1.807) is 35.0 Å². The molecule has 10 nitrogen and oxygen atoms in total. The summed E-state index contributed by atoms with van der Waals surface area (Å²) in [6.07, 6.45) is 0.848. The molecular formula is C34H31F4N7O3. The van der Waals surface area contributed by atoms with Crippen LogP contribution in [0.5, 0.6) is 0 Å². The third-order valence-corrected chi connectivity index (χ3v) is 9.02. The minimum Gasteiger partial charge on any atom is -0.368 e. The number of fused-ring (bicyclic) bond motifs is 4. The van der Waals surface area contributed by atoms with Gasteiger partial charge in [-0.05, 0) is 36.1 Å².